The van der Waals surface area contributed by atoms with Gasteiger partial charge in [-0.2, -0.15) is 0 Å². The van der Waals surface area contributed by atoms with Gasteiger partial charge in [-0.05, 0) is 18.6 Å². The highest BCUT2D eigenvalue weighted by Crippen LogP contribution is 2.32. The van der Waals surface area contributed by atoms with Gasteiger partial charge in [0.1, 0.15) is 16.4 Å². The molecule has 1 heterocycles. The molecule has 6 nitrogen and oxygen atoms in total. The largest absolute Gasteiger partial charge is 0.506 e. The van der Waals surface area contributed by atoms with Gasteiger partial charge in [0, 0.05) is 25.8 Å². The molecule has 1 N–H and O–H groups in total. The minimum absolute atomic E-state index is 0.0928. The molecule has 2 rings (SSSR count). The molecule has 1 aromatic carbocycles. The molecule has 0 aliphatic heterocycles. The quantitative estimate of drug-likeness (QED) is 0.870. The van der Waals surface area contributed by atoms with E-state index >= 15 is 0 Å². The molecular weight excluding hydrogens is 262 g/mol. The van der Waals surface area contributed by atoms with Gasteiger partial charge in [0.25, 0.3) is 5.13 Å². The Morgan fingerprint density at radius 2 is 2.05 bits per heavy atom. The van der Waals surface area contributed by atoms with Gasteiger partial charge in [-0.1, -0.05) is 18.3 Å². The van der Waals surface area contributed by atoms with Crippen LogP contribution in [0.2, 0.25) is 0 Å². The minimum atomic E-state index is 0.0928. The summed E-state index contributed by atoms with van der Waals surface area (Å²) in [6.07, 6.45) is 0.829. The van der Waals surface area contributed by atoms with Crippen LogP contribution in [-0.2, 0) is 6.42 Å². The Morgan fingerprint density at radius 1 is 1.26 bits per heavy atom. The van der Waals surface area contributed by atoms with Gasteiger partial charge in [-0.3, -0.25) is 0 Å². The molecule has 0 unspecified atom stereocenters. The molecular formula is C12H15N5OS. The molecule has 7 heteroatoms. The Kier molecular flexibility index (Phi) is 4.06. The van der Waals surface area contributed by atoms with Crippen molar-refractivity contribution in [3.63, 3.8) is 0 Å². The molecule has 2 aromatic rings. The third-order valence-electron chi connectivity index (χ3n) is 2.48. The summed E-state index contributed by atoms with van der Waals surface area (Å²) >= 11 is 1.39. The summed E-state index contributed by atoms with van der Waals surface area (Å²) in [6, 6.07) is 5.23. The van der Waals surface area contributed by atoms with E-state index in [2.05, 4.69) is 20.4 Å². The van der Waals surface area contributed by atoms with E-state index in [-0.39, 0.29) is 5.75 Å². The van der Waals surface area contributed by atoms with Crippen molar-refractivity contribution in [2.45, 2.75) is 13.3 Å². The third kappa shape index (κ3) is 3.25. The number of hydrogen-bond acceptors (Lipinski definition) is 7. The van der Waals surface area contributed by atoms with E-state index in [4.69, 9.17) is 0 Å². The van der Waals surface area contributed by atoms with Crippen LogP contribution in [0.3, 0.4) is 0 Å². The van der Waals surface area contributed by atoms with Gasteiger partial charge >= 0.3 is 0 Å². The summed E-state index contributed by atoms with van der Waals surface area (Å²) in [5.74, 6) is 0.0928. The van der Waals surface area contributed by atoms with Crippen LogP contribution in [0.4, 0.5) is 16.5 Å². The van der Waals surface area contributed by atoms with Gasteiger partial charge < -0.3 is 10.0 Å². The summed E-state index contributed by atoms with van der Waals surface area (Å²) in [7, 11) is 3.81. The van der Waals surface area contributed by atoms with Gasteiger partial charge in [0.2, 0.25) is 0 Å². The van der Waals surface area contributed by atoms with Gasteiger partial charge in [0.15, 0.2) is 0 Å². The predicted molar refractivity (Wildman–Crippen MR) is 75.9 cm³/mol. The summed E-state index contributed by atoms with van der Waals surface area (Å²) in [4.78, 5) is 1.90. The number of rotatable bonds is 4. The first-order valence-electron chi connectivity index (χ1n) is 5.84. The average Bonchev–Trinajstić information content (AvgIpc) is 2.85. The third-order valence-corrected chi connectivity index (χ3v) is 3.43. The van der Waals surface area contributed by atoms with Crippen molar-refractivity contribution in [3.8, 4) is 5.75 Å². The molecule has 100 valence electrons. The van der Waals surface area contributed by atoms with Crippen molar-refractivity contribution in [1.82, 2.24) is 10.2 Å². The van der Waals surface area contributed by atoms with Crippen molar-refractivity contribution in [3.05, 3.63) is 23.2 Å². The number of hydrogen-bond donors (Lipinski definition) is 1. The van der Waals surface area contributed by atoms with Crippen LogP contribution in [0.15, 0.2) is 28.4 Å². The predicted octanol–water partition coefficient (Wildman–Crippen LogP) is 3.29. The zero-order valence-electron chi connectivity index (χ0n) is 11.0. The zero-order chi connectivity index (χ0) is 13.8. The number of anilines is 1. The lowest BCUT2D eigenvalue weighted by atomic mass is 10.2. The van der Waals surface area contributed by atoms with Crippen LogP contribution in [0.1, 0.15) is 11.9 Å². The highest BCUT2D eigenvalue weighted by atomic mass is 32.1. The highest BCUT2D eigenvalue weighted by molar-refractivity contribution is 7.14. The molecule has 0 saturated heterocycles. The lowest BCUT2D eigenvalue weighted by Crippen LogP contribution is -2.07. The van der Waals surface area contributed by atoms with E-state index in [1.807, 2.05) is 32.0 Å². The Hall–Kier alpha value is -2.02. The molecule has 0 saturated carbocycles. The summed E-state index contributed by atoms with van der Waals surface area (Å²) in [5.41, 5.74) is 1.32. The summed E-state index contributed by atoms with van der Waals surface area (Å²) < 4.78 is 0. The van der Waals surface area contributed by atoms with Crippen molar-refractivity contribution in [2.24, 2.45) is 10.2 Å². The molecule has 0 amide bonds. The molecule has 1 aromatic heterocycles. The number of benzene rings is 1. The van der Waals surface area contributed by atoms with E-state index in [0.717, 1.165) is 17.1 Å². The number of azo groups is 1. The first kappa shape index (κ1) is 13.4. The van der Waals surface area contributed by atoms with Crippen molar-refractivity contribution < 1.29 is 5.11 Å². The molecule has 0 radical (unpaired) electrons. The van der Waals surface area contributed by atoms with E-state index in [0.29, 0.717) is 10.8 Å². The SMILES string of the molecule is CCc1nnc(N=Nc2ccc(N(C)C)cc2O)s1. The van der Waals surface area contributed by atoms with Crippen LogP contribution in [0, 0.1) is 0 Å². The van der Waals surface area contributed by atoms with Crippen LogP contribution >= 0.6 is 11.3 Å². The Morgan fingerprint density at radius 3 is 2.63 bits per heavy atom. The van der Waals surface area contributed by atoms with Crippen LogP contribution in [0.5, 0.6) is 5.75 Å². The normalized spacial score (nSPS) is 11.1. The Labute approximate surface area is 115 Å². The van der Waals surface area contributed by atoms with Crippen LogP contribution in [0.25, 0.3) is 0 Å². The number of aryl methyl sites for hydroxylation is 1. The number of phenolic OH excluding ortho intramolecular Hbond substituents is 1. The van der Waals surface area contributed by atoms with E-state index in [9.17, 15) is 5.11 Å². The second-order valence-corrected chi connectivity index (χ2v) is 5.14. The summed E-state index contributed by atoms with van der Waals surface area (Å²) in [5, 5.41) is 27.1. The fourth-order valence-corrected chi connectivity index (χ4v) is 2.00. The van der Waals surface area contributed by atoms with E-state index in [1.54, 1.807) is 12.1 Å². The minimum Gasteiger partial charge on any atom is -0.506 e. The van der Waals surface area contributed by atoms with E-state index < -0.39 is 0 Å². The smallest absolute Gasteiger partial charge is 0.251 e. The fourth-order valence-electron chi connectivity index (χ4n) is 1.40. The molecule has 0 atom stereocenters. The number of nitrogens with zero attached hydrogens (tertiary/aromatic N) is 5. The second-order valence-electron chi connectivity index (χ2n) is 4.10. The van der Waals surface area contributed by atoms with Gasteiger partial charge in [-0.25, -0.2) is 0 Å². The highest BCUT2D eigenvalue weighted by Gasteiger charge is 2.04. The fraction of sp³-hybridized carbons (Fsp3) is 0.333. The van der Waals surface area contributed by atoms with Crippen molar-refractivity contribution >= 4 is 27.8 Å². The molecule has 19 heavy (non-hydrogen) atoms. The average molecular weight is 277 g/mol. The zero-order valence-corrected chi connectivity index (χ0v) is 11.8. The summed E-state index contributed by atoms with van der Waals surface area (Å²) in [6.45, 7) is 2.01. The lowest BCUT2D eigenvalue weighted by molar-refractivity contribution is 0.476. The maximum atomic E-state index is 9.86. The maximum Gasteiger partial charge on any atom is 0.251 e. The van der Waals surface area contributed by atoms with Crippen LogP contribution in [-0.4, -0.2) is 29.4 Å². The molecule has 0 spiro atoms. The van der Waals surface area contributed by atoms with Gasteiger partial charge in [-0.15, -0.1) is 20.4 Å². The first-order chi connectivity index (χ1) is 9.10. The second kappa shape index (κ2) is 5.75. The molecule has 0 aliphatic carbocycles. The molecule has 0 aliphatic rings. The number of phenols is 1. The van der Waals surface area contributed by atoms with Crippen molar-refractivity contribution in [1.29, 1.82) is 0 Å². The lowest BCUT2D eigenvalue weighted by Gasteiger charge is -2.12. The maximum absolute atomic E-state index is 9.86. The topological polar surface area (TPSA) is 74.0 Å². The number of aromatic hydroxyl groups is 1. The Bertz CT molecular complexity index is 594. The molecule has 0 bridgehead atoms. The first-order valence-corrected chi connectivity index (χ1v) is 6.66. The van der Waals surface area contributed by atoms with Crippen LogP contribution < -0.4 is 4.90 Å². The number of aromatic nitrogens is 2. The van der Waals surface area contributed by atoms with Crippen molar-refractivity contribution in [2.75, 3.05) is 19.0 Å². The van der Waals surface area contributed by atoms with Gasteiger partial charge in [0.05, 0.1) is 0 Å². The standard InChI is InChI=1S/C12H15N5OS/c1-4-11-14-16-12(19-11)15-13-9-6-5-8(17(2)3)7-10(9)18/h5-7,18H,4H2,1-3H3. The Balaban J connectivity index is 2.18. The molecule has 0 fully saturated rings. The monoisotopic (exact) mass is 277 g/mol. The van der Waals surface area contributed by atoms with E-state index in [1.165, 1.54) is 11.3 Å².